The lowest BCUT2D eigenvalue weighted by Gasteiger charge is -2.63. The number of aliphatic hydroxyl groups is 1. The third kappa shape index (κ3) is 3.01. The first-order chi connectivity index (χ1) is 20.5. The molecule has 3 aromatic carbocycles. The van der Waals surface area contributed by atoms with Gasteiger partial charge in [0.25, 0.3) is 0 Å². The Bertz CT molecular complexity index is 1850. The second-order valence-electron chi connectivity index (χ2n) is 13.7. The highest BCUT2D eigenvalue weighted by Crippen LogP contribution is 2.69. The van der Waals surface area contributed by atoms with Crippen molar-refractivity contribution in [1.82, 2.24) is 9.47 Å². The second kappa shape index (κ2) is 8.52. The van der Waals surface area contributed by atoms with Crippen LogP contribution < -0.4 is 4.74 Å². The molecule has 6 nitrogen and oxygen atoms in total. The fourth-order valence-electron chi connectivity index (χ4n) is 9.60. The number of rotatable bonds is 6. The maximum Gasteiger partial charge on any atom is 0.166 e. The highest BCUT2D eigenvalue weighted by molar-refractivity contribution is 6.09. The number of phenols is 1. The Kier molecular flexibility index (Phi) is 5.08. The van der Waals surface area contributed by atoms with Crippen LogP contribution in [0, 0.1) is 24.2 Å². The number of aromatic nitrogens is 1. The molecule has 42 heavy (non-hydrogen) atoms. The van der Waals surface area contributed by atoms with Crippen molar-refractivity contribution in [3.63, 3.8) is 0 Å². The highest BCUT2D eigenvalue weighted by atomic mass is 16.5. The van der Waals surface area contributed by atoms with E-state index in [1.165, 1.54) is 56.9 Å². The lowest BCUT2D eigenvalue weighted by atomic mass is 9.49. The molecular weight excluding hydrogens is 522 g/mol. The maximum absolute atomic E-state index is 13.3. The van der Waals surface area contributed by atoms with Crippen LogP contribution >= 0.6 is 0 Å². The molecule has 3 aliphatic carbocycles. The molecule has 2 unspecified atom stereocenters. The summed E-state index contributed by atoms with van der Waals surface area (Å²) in [4.78, 5) is 2.60. The molecule has 4 atom stereocenters. The number of nitriles is 1. The Labute approximate surface area is 246 Å². The molecule has 1 spiro atoms. The zero-order valence-electron chi connectivity index (χ0n) is 24.2. The van der Waals surface area contributed by atoms with Crippen molar-refractivity contribution in [3.8, 4) is 17.6 Å². The minimum absolute atomic E-state index is 0.0182. The zero-order chi connectivity index (χ0) is 28.4. The molecule has 1 aromatic heterocycles. The van der Waals surface area contributed by atoms with E-state index in [1.54, 1.807) is 6.07 Å². The van der Waals surface area contributed by atoms with Crippen molar-refractivity contribution in [3.05, 3.63) is 70.4 Å². The molecule has 2 bridgehead atoms. The number of hydrogen-bond donors (Lipinski definition) is 2. The van der Waals surface area contributed by atoms with Crippen molar-refractivity contribution in [2.75, 3.05) is 13.1 Å². The van der Waals surface area contributed by atoms with Gasteiger partial charge in [-0.1, -0.05) is 30.3 Å². The van der Waals surface area contributed by atoms with Crippen LogP contribution in [0.4, 0.5) is 0 Å². The van der Waals surface area contributed by atoms with E-state index < -0.39 is 11.0 Å². The smallest absolute Gasteiger partial charge is 0.166 e. The summed E-state index contributed by atoms with van der Waals surface area (Å²) >= 11 is 0. The summed E-state index contributed by atoms with van der Waals surface area (Å²) in [5.74, 6) is 1.51. The first-order valence-corrected chi connectivity index (χ1v) is 15.8. The number of benzene rings is 3. The molecule has 3 heterocycles. The lowest BCUT2D eigenvalue weighted by molar-refractivity contribution is -0.173. The van der Waals surface area contributed by atoms with Crippen molar-refractivity contribution in [2.24, 2.45) is 5.92 Å². The van der Waals surface area contributed by atoms with Gasteiger partial charge in [-0.25, -0.2) is 0 Å². The third-order valence-corrected chi connectivity index (χ3v) is 11.5. The van der Waals surface area contributed by atoms with E-state index in [1.807, 2.05) is 0 Å². The number of nitrogens with zero attached hydrogens (tertiary/aromatic N) is 3. The Morgan fingerprint density at radius 3 is 2.74 bits per heavy atom. The average Bonchev–Trinajstić information content (AvgIpc) is 3.66. The predicted octanol–water partition coefficient (Wildman–Crippen LogP) is 6.20. The van der Waals surface area contributed by atoms with Gasteiger partial charge in [-0.05, 0) is 92.1 Å². The second-order valence-corrected chi connectivity index (χ2v) is 13.7. The van der Waals surface area contributed by atoms with Gasteiger partial charge in [-0.15, -0.1) is 0 Å². The number of fused-ring (bicyclic) bond motifs is 6. The minimum atomic E-state index is -0.997. The summed E-state index contributed by atoms with van der Waals surface area (Å²) in [6.07, 6.45) is 6.70. The Balaban J connectivity index is 1.33. The van der Waals surface area contributed by atoms with E-state index in [0.717, 1.165) is 56.8 Å². The molecule has 2 N–H and O–H groups in total. The number of ether oxygens (including phenoxy) is 1. The maximum atomic E-state index is 13.3. The van der Waals surface area contributed by atoms with Crippen LogP contribution in [0.1, 0.15) is 72.6 Å². The first kappa shape index (κ1) is 25.0. The summed E-state index contributed by atoms with van der Waals surface area (Å²) in [5.41, 5.74) is 5.51. The number of phenolic OH excluding ortho intramolecular Hbond substituents is 1. The van der Waals surface area contributed by atoms with E-state index in [9.17, 15) is 15.5 Å². The molecule has 2 fully saturated rings. The SMILES string of the molecule is Cc1cc2c3c(n(CCCCC#N)c2c2ccccc12)C1Oc2c(O)ccc4c2[C@@]12CCN(CC1CC1)[C@H](C4)C2(O)C3. The molecule has 1 saturated heterocycles. The zero-order valence-corrected chi connectivity index (χ0v) is 24.2. The first-order valence-electron chi connectivity index (χ1n) is 15.8. The van der Waals surface area contributed by atoms with Gasteiger partial charge >= 0.3 is 0 Å². The normalized spacial score (nSPS) is 28.9. The molecule has 9 rings (SSSR count). The topological polar surface area (TPSA) is 81.7 Å². The van der Waals surface area contributed by atoms with E-state index >= 15 is 0 Å². The van der Waals surface area contributed by atoms with Gasteiger partial charge < -0.3 is 19.5 Å². The molecular formula is C36H37N3O3. The molecule has 4 aromatic rings. The summed E-state index contributed by atoms with van der Waals surface area (Å²) in [6.45, 7) is 4.99. The number of aromatic hydroxyl groups is 1. The van der Waals surface area contributed by atoms with Crippen LogP contribution in [0.25, 0.3) is 21.7 Å². The molecule has 214 valence electrons. The fourth-order valence-corrected chi connectivity index (χ4v) is 9.60. The number of hydrogen-bond acceptors (Lipinski definition) is 5. The fraction of sp³-hybridized carbons (Fsp3) is 0.472. The number of piperidine rings is 1. The highest BCUT2D eigenvalue weighted by Gasteiger charge is 2.73. The van der Waals surface area contributed by atoms with Gasteiger partial charge in [0.2, 0.25) is 0 Å². The lowest BCUT2D eigenvalue weighted by Crippen LogP contribution is -2.74. The number of likely N-dealkylation sites (tertiary alicyclic amines) is 1. The summed E-state index contributed by atoms with van der Waals surface area (Å²) in [5, 5.41) is 37.4. The van der Waals surface area contributed by atoms with Gasteiger partial charge in [0.1, 0.15) is 0 Å². The van der Waals surface area contributed by atoms with Crippen molar-refractivity contribution in [2.45, 2.75) is 88.0 Å². The Morgan fingerprint density at radius 2 is 1.93 bits per heavy atom. The third-order valence-electron chi connectivity index (χ3n) is 11.5. The molecule has 0 radical (unpaired) electrons. The largest absolute Gasteiger partial charge is 0.504 e. The average molecular weight is 560 g/mol. The standard InChI is InChI=1S/C36H37N3O3/c1-21-17-26-27-19-36(41)29-18-23-11-12-28(40)33-30(23)35(36,13-16-38(29)20-22-9-10-22)34(42-33)32(27)39(15-6-2-5-14-37)31(26)25-8-4-3-7-24(21)25/h3-4,7-8,11-12,17,22,29,34,40-41H,2,5-6,9-10,13,15-16,18-20H2,1H3/t29-,34?,35+,36?/m1/s1. The number of aryl methyl sites for hydroxylation is 2. The van der Waals surface area contributed by atoms with Crippen molar-refractivity contribution < 1.29 is 14.9 Å². The molecule has 2 aliphatic heterocycles. The van der Waals surface area contributed by atoms with E-state index in [4.69, 9.17) is 4.74 Å². The van der Waals surface area contributed by atoms with Gasteiger partial charge in [-0.3, -0.25) is 4.90 Å². The van der Waals surface area contributed by atoms with E-state index in [0.29, 0.717) is 18.6 Å². The summed E-state index contributed by atoms with van der Waals surface area (Å²) in [7, 11) is 0. The van der Waals surface area contributed by atoms with Crippen molar-refractivity contribution >= 4 is 21.7 Å². The van der Waals surface area contributed by atoms with Crippen LogP contribution in [0.2, 0.25) is 0 Å². The van der Waals surface area contributed by atoms with Crippen LogP contribution in [-0.2, 0) is 24.8 Å². The van der Waals surface area contributed by atoms with Crippen molar-refractivity contribution in [1.29, 1.82) is 5.26 Å². The predicted molar refractivity (Wildman–Crippen MR) is 162 cm³/mol. The summed E-state index contributed by atoms with van der Waals surface area (Å²) in [6, 6.07) is 17.2. The monoisotopic (exact) mass is 559 g/mol. The van der Waals surface area contributed by atoms with Crippen LogP contribution in [0.5, 0.6) is 11.5 Å². The van der Waals surface area contributed by atoms with E-state index in [2.05, 4.69) is 58.9 Å². The number of unbranched alkanes of at least 4 members (excludes halogenated alkanes) is 2. The van der Waals surface area contributed by atoms with Crippen LogP contribution in [-0.4, -0.2) is 44.4 Å². The van der Waals surface area contributed by atoms with Gasteiger partial charge in [0.15, 0.2) is 17.6 Å². The van der Waals surface area contributed by atoms with Gasteiger partial charge in [0.05, 0.1) is 28.3 Å². The minimum Gasteiger partial charge on any atom is -0.504 e. The summed E-state index contributed by atoms with van der Waals surface area (Å²) < 4.78 is 9.45. The van der Waals surface area contributed by atoms with Gasteiger partial charge in [-0.2, -0.15) is 5.26 Å². The van der Waals surface area contributed by atoms with Crippen LogP contribution in [0.15, 0.2) is 42.5 Å². The Morgan fingerprint density at radius 1 is 1.10 bits per heavy atom. The quantitative estimate of drug-likeness (QED) is 0.275. The van der Waals surface area contributed by atoms with E-state index in [-0.39, 0.29) is 17.9 Å². The Hall–Kier alpha value is -3.53. The van der Waals surface area contributed by atoms with Crippen LogP contribution in [0.3, 0.4) is 0 Å². The molecule has 1 saturated carbocycles. The molecule has 5 aliphatic rings. The molecule has 0 amide bonds. The molecule has 6 heteroatoms. The van der Waals surface area contributed by atoms with Gasteiger partial charge in [0, 0.05) is 48.3 Å².